The second-order valence-electron chi connectivity index (χ2n) is 7.52. The Balaban J connectivity index is 1.72. The van der Waals surface area contributed by atoms with Crippen LogP contribution in [0.2, 0.25) is 5.02 Å². The average Bonchev–Trinajstić information content (AvgIpc) is 3.05. The summed E-state index contributed by atoms with van der Waals surface area (Å²) in [5, 5.41) is 0.586. The zero-order chi connectivity index (χ0) is 22.0. The smallest absolute Gasteiger partial charge is 0.282 e. The lowest BCUT2D eigenvalue weighted by Crippen LogP contribution is -2.47. The fourth-order valence-electron chi connectivity index (χ4n) is 4.07. The summed E-state index contributed by atoms with van der Waals surface area (Å²) in [4.78, 5) is 32.7. The molecule has 0 atom stereocenters. The van der Waals surface area contributed by atoms with Crippen LogP contribution in [0.5, 0.6) is 5.75 Å². The fourth-order valence-corrected chi connectivity index (χ4v) is 4.19. The highest BCUT2D eigenvalue weighted by molar-refractivity contribution is 6.45. The molecule has 2 heterocycles. The van der Waals surface area contributed by atoms with E-state index in [1.54, 1.807) is 48.5 Å². The van der Waals surface area contributed by atoms with Gasteiger partial charge in [-0.3, -0.25) is 9.59 Å². The molecule has 0 bridgehead atoms. The molecule has 0 N–H and O–H groups in total. The molecule has 2 aromatic carbocycles. The van der Waals surface area contributed by atoms with E-state index < -0.39 is 0 Å². The molecular formula is C24H26ClN3O3. The number of imide groups is 1. The number of rotatable bonds is 6. The Labute approximate surface area is 187 Å². The summed E-state index contributed by atoms with van der Waals surface area (Å²) in [6, 6.07) is 14.1. The number of anilines is 1. The van der Waals surface area contributed by atoms with Crippen molar-refractivity contribution in [2.75, 3.05) is 44.2 Å². The molecule has 0 aromatic heterocycles. The highest BCUT2D eigenvalue weighted by Crippen LogP contribution is 2.36. The fraction of sp³-hybridized carbons (Fsp3) is 0.333. The van der Waals surface area contributed by atoms with E-state index in [2.05, 4.69) is 11.8 Å². The summed E-state index contributed by atoms with van der Waals surface area (Å²) in [7, 11) is 0. The number of carbonyl (C=O) groups is 2. The molecule has 0 unspecified atom stereocenters. The third kappa shape index (κ3) is 4.18. The molecule has 2 aliphatic rings. The van der Waals surface area contributed by atoms with E-state index in [9.17, 15) is 9.59 Å². The van der Waals surface area contributed by atoms with E-state index in [0.29, 0.717) is 53.0 Å². The molecule has 4 rings (SSSR count). The van der Waals surface area contributed by atoms with Gasteiger partial charge in [0.05, 0.1) is 17.9 Å². The first kappa shape index (κ1) is 21.4. The lowest BCUT2D eigenvalue weighted by molar-refractivity contribution is -0.120. The molecule has 1 fully saturated rings. The lowest BCUT2D eigenvalue weighted by atomic mass is 10.0. The Morgan fingerprint density at radius 3 is 2.10 bits per heavy atom. The molecule has 2 aliphatic heterocycles. The maximum atomic E-state index is 13.6. The number of halogens is 1. The lowest BCUT2D eigenvalue weighted by Gasteiger charge is -2.36. The Bertz CT molecular complexity index is 994. The van der Waals surface area contributed by atoms with E-state index in [1.807, 2.05) is 11.8 Å². The summed E-state index contributed by atoms with van der Waals surface area (Å²) < 4.78 is 5.49. The number of amides is 2. The topological polar surface area (TPSA) is 53.1 Å². The third-order valence-electron chi connectivity index (χ3n) is 5.73. The summed E-state index contributed by atoms with van der Waals surface area (Å²) >= 11 is 6.06. The number of ether oxygens (including phenoxy) is 1. The summed E-state index contributed by atoms with van der Waals surface area (Å²) in [5.74, 6) is 0.0978. The molecule has 2 aromatic rings. The van der Waals surface area contributed by atoms with Crippen molar-refractivity contribution >= 4 is 34.7 Å². The Kier molecular flexibility index (Phi) is 6.30. The highest BCUT2D eigenvalue weighted by atomic mass is 35.5. The van der Waals surface area contributed by atoms with Crippen molar-refractivity contribution < 1.29 is 14.3 Å². The van der Waals surface area contributed by atoms with Crippen LogP contribution in [0.1, 0.15) is 19.4 Å². The summed E-state index contributed by atoms with van der Waals surface area (Å²) in [6.07, 6.45) is 0. The van der Waals surface area contributed by atoms with Crippen LogP contribution in [0.25, 0.3) is 5.57 Å². The van der Waals surface area contributed by atoms with Gasteiger partial charge in [0.25, 0.3) is 11.8 Å². The molecule has 0 aliphatic carbocycles. The van der Waals surface area contributed by atoms with Gasteiger partial charge in [-0.25, -0.2) is 4.90 Å². The predicted molar refractivity (Wildman–Crippen MR) is 122 cm³/mol. The molecule has 6 nitrogen and oxygen atoms in total. The molecule has 2 amide bonds. The molecule has 0 radical (unpaired) electrons. The minimum absolute atomic E-state index is 0.288. The van der Waals surface area contributed by atoms with Crippen molar-refractivity contribution in [3.63, 3.8) is 0 Å². The van der Waals surface area contributed by atoms with Gasteiger partial charge in [-0.05, 0) is 55.4 Å². The Morgan fingerprint density at radius 1 is 0.871 bits per heavy atom. The zero-order valence-electron chi connectivity index (χ0n) is 17.8. The molecule has 1 saturated heterocycles. The number of carbonyl (C=O) groups excluding carboxylic acids is 2. The number of hydrogen-bond acceptors (Lipinski definition) is 5. The van der Waals surface area contributed by atoms with Gasteiger partial charge in [0.15, 0.2) is 0 Å². The van der Waals surface area contributed by atoms with Crippen LogP contribution < -0.4 is 9.64 Å². The summed E-state index contributed by atoms with van der Waals surface area (Å²) in [5.41, 5.74) is 2.13. The summed E-state index contributed by atoms with van der Waals surface area (Å²) in [6.45, 7) is 8.70. The van der Waals surface area contributed by atoms with Crippen LogP contribution in [0.15, 0.2) is 54.2 Å². The van der Waals surface area contributed by atoms with Gasteiger partial charge in [0.1, 0.15) is 11.4 Å². The van der Waals surface area contributed by atoms with Crippen LogP contribution in [-0.2, 0) is 9.59 Å². The van der Waals surface area contributed by atoms with Gasteiger partial charge in [0.2, 0.25) is 0 Å². The maximum Gasteiger partial charge on any atom is 0.282 e. The van der Waals surface area contributed by atoms with Crippen molar-refractivity contribution in [2.24, 2.45) is 0 Å². The molecule has 7 heteroatoms. The molecule has 31 heavy (non-hydrogen) atoms. The van der Waals surface area contributed by atoms with Crippen molar-refractivity contribution in [3.05, 3.63) is 64.8 Å². The Morgan fingerprint density at radius 2 is 1.52 bits per heavy atom. The number of benzene rings is 2. The van der Waals surface area contributed by atoms with E-state index in [4.69, 9.17) is 16.3 Å². The van der Waals surface area contributed by atoms with E-state index in [-0.39, 0.29) is 11.8 Å². The quantitative estimate of drug-likeness (QED) is 0.643. The van der Waals surface area contributed by atoms with Gasteiger partial charge in [-0.15, -0.1) is 0 Å². The Hall–Kier alpha value is -2.83. The SMILES string of the molecule is CCOc1ccc(N2C(=O)C(c3ccc(Cl)cc3)=C(N3CCN(CC)CC3)C2=O)cc1. The molecule has 0 saturated carbocycles. The second-order valence-corrected chi connectivity index (χ2v) is 7.96. The van der Waals surface area contributed by atoms with Crippen molar-refractivity contribution in [3.8, 4) is 5.75 Å². The number of nitrogens with zero attached hydrogens (tertiary/aromatic N) is 3. The van der Waals surface area contributed by atoms with E-state index >= 15 is 0 Å². The number of piperazine rings is 1. The van der Waals surface area contributed by atoms with Crippen molar-refractivity contribution in [1.29, 1.82) is 0 Å². The first-order chi connectivity index (χ1) is 15.0. The maximum absolute atomic E-state index is 13.6. The minimum atomic E-state index is -0.315. The third-order valence-corrected chi connectivity index (χ3v) is 5.99. The van der Waals surface area contributed by atoms with Crippen LogP contribution in [0.4, 0.5) is 5.69 Å². The van der Waals surface area contributed by atoms with Gasteiger partial charge < -0.3 is 14.5 Å². The highest BCUT2D eigenvalue weighted by Gasteiger charge is 2.43. The van der Waals surface area contributed by atoms with E-state index in [0.717, 1.165) is 19.6 Å². The minimum Gasteiger partial charge on any atom is -0.494 e. The zero-order valence-corrected chi connectivity index (χ0v) is 18.6. The van der Waals surface area contributed by atoms with Crippen molar-refractivity contribution in [1.82, 2.24) is 9.80 Å². The largest absolute Gasteiger partial charge is 0.494 e. The predicted octanol–water partition coefficient (Wildman–Crippen LogP) is 3.66. The number of likely N-dealkylation sites (N-methyl/N-ethyl adjacent to an activating group) is 1. The van der Waals surface area contributed by atoms with Crippen LogP contribution in [0, 0.1) is 0 Å². The normalized spacial score (nSPS) is 17.6. The second kappa shape index (κ2) is 9.12. The van der Waals surface area contributed by atoms with Crippen LogP contribution >= 0.6 is 11.6 Å². The monoisotopic (exact) mass is 439 g/mol. The first-order valence-electron chi connectivity index (χ1n) is 10.6. The van der Waals surface area contributed by atoms with E-state index in [1.165, 1.54) is 4.90 Å². The van der Waals surface area contributed by atoms with Gasteiger partial charge in [-0.1, -0.05) is 30.7 Å². The molecule has 0 spiro atoms. The van der Waals surface area contributed by atoms with Crippen molar-refractivity contribution in [2.45, 2.75) is 13.8 Å². The first-order valence-corrected chi connectivity index (χ1v) is 11.0. The van der Waals surface area contributed by atoms with Gasteiger partial charge in [-0.2, -0.15) is 0 Å². The van der Waals surface area contributed by atoms with Crippen LogP contribution in [0.3, 0.4) is 0 Å². The standard InChI is InChI=1S/C24H26ClN3O3/c1-3-26-13-15-27(16-14-26)22-21(17-5-7-18(25)8-6-17)23(29)28(24(22)30)19-9-11-20(12-10-19)31-4-2/h5-12H,3-4,13-16H2,1-2H3. The van der Waals surface area contributed by atoms with Gasteiger partial charge in [0, 0.05) is 31.2 Å². The molecule has 162 valence electrons. The average molecular weight is 440 g/mol. The number of hydrogen-bond donors (Lipinski definition) is 0. The van der Waals surface area contributed by atoms with Crippen LogP contribution in [-0.4, -0.2) is 60.9 Å². The molecular weight excluding hydrogens is 414 g/mol. The van der Waals surface area contributed by atoms with Gasteiger partial charge >= 0.3 is 0 Å².